The Bertz CT molecular complexity index is 536. The van der Waals surface area contributed by atoms with Crippen molar-refractivity contribution in [2.24, 2.45) is 5.73 Å². The van der Waals surface area contributed by atoms with Gasteiger partial charge >= 0.3 is 5.97 Å². The third-order valence-electron chi connectivity index (χ3n) is 3.34. The zero-order valence-corrected chi connectivity index (χ0v) is 13.3. The number of hydrogen-bond acceptors (Lipinski definition) is 7. The van der Waals surface area contributed by atoms with Crippen LogP contribution < -0.4 is 5.73 Å². The fourth-order valence-electron chi connectivity index (χ4n) is 2.39. The number of nitrogens with two attached hydrogens (primary N) is 1. The quantitative estimate of drug-likeness (QED) is 0.321. The summed E-state index contributed by atoms with van der Waals surface area (Å²) >= 11 is 6.06. The number of carbonyl (C=O) groups is 2. The molecule has 1 unspecified atom stereocenters. The van der Waals surface area contributed by atoms with E-state index in [9.17, 15) is 14.7 Å². The molecule has 0 spiro atoms. The van der Waals surface area contributed by atoms with Crippen LogP contribution in [0, 0.1) is 0 Å². The molecule has 0 aromatic rings. The van der Waals surface area contributed by atoms with Crippen LogP contribution in [0.5, 0.6) is 0 Å². The lowest BCUT2D eigenvalue weighted by Gasteiger charge is -2.55. The molecule has 0 saturated carbocycles. The number of thioether (sulfide) groups is 1. The molecule has 2 aliphatic heterocycles. The third kappa shape index (κ3) is 2.66. The van der Waals surface area contributed by atoms with Crippen molar-refractivity contribution in [3.8, 4) is 0 Å². The summed E-state index contributed by atoms with van der Waals surface area (Å²) in [5, 5.41) is 8.50. The Morgan fingerprint density at radius 1 is 1.67 bits per heavy atom. The smallest absolute Gasteiger partial charge is 0.357 e. The maximum absolute atomic E-state index is 12.3. The molecule has 3 N–H and O–H groups in total. The fourth-order valence-corrected chi connectivity index (χ4v) is 4.00. The van der Waals surface area contributed by atoms with Crippen molar-refractivity contribution >= 4 is 40.9 Å². The number of rotatable bonds is 5. The normalized spacial score (nSPS) is 28.0. The van der Waals surface area contributed by atoms with Crippen LogP contribution in [0.15, 0.2) is 11.3 Å². The van der Waals surface area contributed by atoms with Crippen molar-refractivity contribution in [2.45, 2.75) is 24.3 Å². The Morgan fingerprint density at radius 3 is 2.90 bits per heavy atom. The number of amides is 1. The van der Waals surface area contributed by atoms with Gasteiger partial charge in [-0.25, -0.2) is 4.79 Å². The van der Waals surface area contributed by atoms with Crippen LogP contribution in [-0.4, -0.2) is 57.5 Å². The second-order valence-electron chi connectivity index (χ2n) is 4.92. The van der Waals surface area contributed by atoms with Gasteiger partial charge in [0, 0.05) is 19.3 Å². The lowest BCUT2D eigenvalue weighted by molar-refractivity contribution is -0.160. The molecule has 1 saturated heterocycles. The van der Waals surface area contributed by atoms with Crippen LogP contribution in [0.3, 0.4) is 0 Å². The van der Waals surface area contributed by atoms with E-state index in [1.165, 1.54) is 23.8 Å². The van der Waals surface area contributed by atoms with Gasteiger partial charge in [0.1, 0.15) is 16.6 Å². The second kappa shape index (κ2) is 5.91. The van der Waals surface area contributed by atoms with Crippen molar-refractivity contribution in [2.75, 3.05) is 19.7 Å². The predicted molar refractivity (Wildman–Crippen MR) is 80.5 cm³/mol. The molecular formula is C12H16N2O5S2. The summed E-state index contributed by atoms with van der Waals surface area (Å²) in [5.41, 5.74) is 5.71. The Labute approximate surface area is 131 Å². The number of aliphatic hydroxyl groups excluding tert-OH is 1. The first-order chi connectivity index (χ1) is 9.82. The van der Waals surface area contributed by atoms with E-state index < -0.39 is 22.8 Å². The molecule has 2 aliphatic rings. The SMILES string of the molecule is COCOC(=O)C1=C(C)CS[C@@H]2N1C(=O)C2(N)CC(O)=S. The van der Waals surface area contributed by atoms with Gasteiger partial charge in [-0.1, -0.05) is 0 Å². The first kappa shape index (κ1) is 16.2. The fraction of sp³-hybridized carbons (Fsp3) is 0.583. The maximum atomic E-state index is 12.3. The molecule has 7 nitrogen and oxygen atoms in total. The molecule has 2 rings (SSSR count). The van der Waals surface area contributed by atoms with E-state index in [1.54, 1.807) is 6.92 Å². The van der Waals surface area contributed by atoms with Gasteiger partial charge in [-0.15, -0.1) is 11.8 Å². The Hall–Kier alpha value is -1.16. The Balaban J connectivity index is 2.24. The molecule has 2 heterocycles. The maximum Gasteiger partial charge on any atom is 0.357 e. The van der Waals surface area contributed by atoms with E-state index in [0.717, 1.165) is 5.57 Å². The molecule has 0 aromatic carbocycles. The van der Waals surface area contributed by atoms with Gasteiger partial charge in [-0.2, -0.15) is 0 Å². The van der Waals surface area contributed by atoms with Crippen molar-refractivity contribution in [3.05, 3.63) is 11.3 Å². The molecule has 0 aliphatic carbocycles. The first-order valence-corrected chi connectivity index (χ1v) is 7.60. The summed E-state index contributed by atoms with van der Waals surface area (Å²) in [5.74, 6) is -0.523. The van der Waals surface area contributed by atoms with E-state index in [4.69, 9.17) is 10.5 Å². The highest BCUT2D eigenvalue weighted by atomic mass is 32.2. The van der Waals surface area contributed by atoms with Gasteiger partial charge in [-0.3, -0.25) is 9.69 Å². The first-order valence-electron chi connectivity index (χ1n) is 6.14. The highest BCUT2D eigenvalue weighted by Crippen LogP contribution is 2.46. The van der Waals surface area contributed by atoms with Crippen LogP contribution in [-0.2, 0) is 19.1 Å². The van der Waals surface area contributed by atoms with Gasteiger partial charge in [0.2, 0.25) is 0 Å². The minimum absolute atomic E-state index is 0.102. The van der Waals surface area contributed by atoms with Gasteiger partial charge in [0.25, 0.3) is 5.91 Å². The summed E-state index contributed by atoms with van der Waals surface area (Å²) in [6.07, 6.45) is -0.102. The van der Waals surface area contributed by atoms with E-state index >= 15 is 0 Å². The summed E-state index contributed by atoms with van der Waals surface area (Å²) in [6.45, 7) is 1.57. The topological polar surface area (TPSA) is 102 Å². The average molecular weight is 332 g/mol. The highest BCUT2D eigenvalue weighted by molar-refractivity contribution is 8.00. The zero-order valence-electron chi connectivity index (χ0n) is 11.6. The third-order valence-corrected chi connectivity index (χ3v) is 5.03. The number of esters is 1. The largest absolute Gasteiger partial charge is 0.502 e. The number of β-lactam (4-membered cyclic amide) rings is 1. The lowest BCUT2D eigenvalue weighted by atomic mass is 9.84. The second-order valence-corrected chi connectivity index (χ2v) is 6.46. The molecule has 0 aromatic heterocycles. The van der Waals surface area contributed by atoms with Crippen LogP contribution in [0.1, 0.15) is 13.3 Å². The Morgan fingerprint density at radius 2 is 2.33 bits per heavy atom. The van der Waals surface area contributed by atoms with E-state index in [2.05, 4.69) is 17.0 Å². The number of nitrogens with zero attached hydrogens (tertiary/aromatic N) is 1. The molecule has 1 fully saturated rings. The number of fused-ring (bicyclic) bond motifs is 1. The summed E-state index contributed by atoms with van der Waals surface area (Å²) in [4.78, 5) is 25.7. The number of aliphatic hydroxyl groups is 1. The summed E-state index contributed by atoms with van der Waals surface area (Å²) in [6, 6.07) is 0. The van der Waals surface area contributed by atoms with Gasteiger partial charge in [-0.05, 0) is 24.7 Å². The number of methoxy groups -OCH3 is 1. The molecule has 0 radical (unpaired) electrons. The zero-order chi connectivity index (χ0) is 15.8. The number of thiocarbonyl (C=S) groups is 1. The molecule has 116 valence electrons. The molecule has 0 bridgehead atoms. The van der Waals surface area contributed by atoms with E-state index in [-0.39, 0.29) is 24.0 Å². The van der Waals surface area contributed by atoms with Crippen LogP contribution in [0.4, 0.5) is 0 Å². The van der Waals surface area contributed by atoms with Gasteiger partial charge in [0.15, 0.2) is 11.8 Å². The molecule has 9 heteroatoms. The number of hydrogen-bond donors (Lipinski definition) is 2. The minimum atomic E-state index is -1.27. The summed E-state index contributed by atoms with van der Waals surface area (Å²) < 4.78 is 9.60. The van der Waals surface area contributed by atoms with Crippen molar-refractivity contribution in [1.82, 2.24) is 4.90 Å². The van der Waals surface area contributed by atoms with Gasteiger partial charge in [0.05, 0.1) is 0 Å². The lowest BCUT2D eigenvalue weighted by Crippen LogP contribution is -2.78. The average Bonchev–Trinajstić information content (AvgIpc) is 2.42. The van der Waals surface area contributed by atoms with E-state index in [1.807, 2.05) is 0 Å². The van der Waals surface area contributed by atoms with Crippen LogP contribution in [0.2, 0.25) is 0 Å². The van der Waals surface area contributed by atoms with Crippen molar-refractivity contribution in [1.29, 1.82) is 0 Å². The standard InChI is InChI=1S/C12H16N2O5S2/c1-6-4-21-11-12(13,3-7(15)20)10(17)14(11)8(6)9(16)19-5-18-2/h11H,3-5,13H2,1-2H3,(H,15,20)/t11-,12?/m0/s1. The Kier molecular flexibility index (Phi) is 4.57. The molecule has 2 atom stereocenters. The highest BCUT2D eigenvalue weighted by Gasteiger charge is 2.62. The summed E-state index contributed by atoms with van der Waals surface area (Å²) in [7, 11) is 1.40. The monoisotopic (exact) mass is 332 g/mol. The molecular weight excluding hydrogens is 316 g/mol. The number of carbonyl (C=O) groups excluding carboxylic acids is 2. The van der Waals surface area contributed by atoms with Crippen molar-refractivity contribution in [3.63, 3.8) is 0 Å². The van der Waals surface area contributed by atoms with E-state index in [0.29, 0.717) is 5.75 Å². The minimum Gasteiger partial charge on any atom is -0.502 e. The van der Waals surface area contributed by atoms with Gasteiger partial charge < -0.3 is 20.3 Å². The van der Waals surface area contributed by atoms with Crippen molar-refractivity contribution < 1.29 is 24.2 Å². The van der Waals surface area contributed by atoms with Crippen LogP contribution in [0.25, 0.3) is 0 Å². The molecule has 21 heavy (non-hydrogen) atoms. The molecule has 1 amide bonds. The van der Waals surface area contributed by atoms with Crippen LogP contribution >= 0.6 is 24.0 Å². The number of ether oxygens (including phenoxy) is 2. The predicted octanol–water partition coefficient (Wildman–Crippen LogP) is 0.296.